The Balaban J connectivity index is 0.000000283. The minimum absolute atomic E-state index is 0. The van der Waals surface area contributed by atoms with Gasteiger partial charge in [-0.1, -0.05) is 19.3 Å². The van der Waals surface area contributed by atoms with Crippen LogP contribution in [0.3, 0.4) is 0 Å². The van der Waals surface area contributed by atoms with E-state index >= 15 is 0 Å². The number of hydrogen-bond acceptors (Lipinski definition) is 9. The van der Waals surface area contributed by atoms with Crippen LogP contribution in [0.25, 0.3) is 5.52 Å². The quantitative estimate of drug-likeness (QED) is 0.127. The van der Waals surface area contributed by atoms with Crippen molar-refractivity contribution < 1.29 is 31.7 Å². The molecule has 5 rings (SSSR count). The highest BCUT2D eigenvalue weighted by Gasteiger charge is 2.32. The van der Waals surface area contributed by atoms with E-state index in [2.05, 4.69) is 32.1 Å². The summed E-state index contributed by atoms with van der Waals surface area (Å²) in [4.78, 5) is 26.1. The number of benzene rings is 1. The molecule has 4 heterocycles. The third-order valence-corrected chi connectivity index (χ3v) is 8.58. The molecule has 1 aliphatic rings. The molecule has 12 nitrogen and oxygen atoms in total. The van der Waals surface area contributed by atoms with Gasteiger partial charge in [0.05, 0.1) is 42.3 Å². The minimum atomic E-state index is -4.46. The zero-order valence-electron chi connectivity index (χ0n) is 25.5. The van der Waals surface area contributed by atoms with Gasteiger partial charge in [0.2, 0.25) is 0 Å². The Morgan fingerprint density at radius 3 is 2.62 bits per heavy atom. The second kappa shape index (κ2) is 17.6. The fraction of sp³-hybridized carbons (Fsp3) is 0.355. The molecule has 3 aromatic heterocycles. The second-order valence-corrected chi connectivity index (χ2v) is 12.4. The zero-order valence-corrected chi connectivity index (χ0v) is 27.2. The molecule has 0 spiro atoms. The number of alkyl halides is 3. The highest BCUT2D eigenvalue weighted by atomic mass is 32.2. The number of halogens is 3. The van der Waals surface area contributed by atoms with E-state index in [9.17, 15) is 27.0 Å². The molecule has 48 heavy (non-hydrogen) atoms. The standard InChI is InChI=1S/C20H16F3N3O2S.C10H17N5O2S.CH4/c1-28-18-7-6-13(12-27)10-16(18)25-8-2-4-14-11-17-15(24)5-3-9-26(17)19(14)29-20(21,22)23;1-11-18(17)8-15-12-7-9(13-15)10(16)14-5-3-2-4-6-14;/h3,5-7,9-12,25H,8,24H2,1H3;7,11H,2-6,8H2,1H3;1H4. The Kier molecular flexibility index (Phi) is 13.9. The third kappa shape index (κ3) is 10.2. The Labute approximate surface area is 283 Å². The van der Waals surface area contributed by atoms with Gasteiger partial charge < -0.3 is 25.1 Å². The van der Waals surface area contributed by atoms with Gasteiger partial charge in [0, 0.05) is 36.6 Å². The van der Waals surface area contributed by atoms with E-state index in [1.54, 1.807) is 42.3 Å². The molecule has 1 fully saturated rings. The van der Waals surface area contributed by atoms with Gasteiger partial charge in [-0.2, -0.15) is 23.1 Å². The molecule has 1 atom stereocenters. The maximum Gasteiger partial charge on any atom is 0.447 e. The van der Waals surface area contributed by atoms with Crippen molar-refractivity contribution >= 4 is 51.8 Å². The van der Waals surface area contributed by atoms with Gasteiger partial charge >= 0.3 is 5.51 Å². The number of carbonyl (C=O) groups excluding carboxylic acids is 2. The number of methoxy groups -OCH3 is 1. The van der Waals surface area contributed by atoms with Crippen molar-refractivity contribution in [3.63, 3.8) is 0 Å². The summed E-state index contributed by atoms with van der Waals surface area (Å²) in [6, 6.07) is 9.58. The fourth-order valence-electron chi connectivity index (χ4n) is 4.60. The van der Waals surface area contributed by atoms with E-state index in [0.717, 1.165) is 25.9 Å². The molecule has 1 aromatic carbocycles. The number of likely N-dealkylation sites (tertiary alicyclic amines) is 1. The lowest BCUT2D eigenvalue weighted by molar-refractivity contribution is -0.0330. The third-order valence-electron chi connectivity index (χ3n) is 6.82. The predicted molar refractivity (Wildman–Crippen MR) is 181 cm³/mol. The Morgan fingerprint density at radius 2 is 1.96 bits per heavy atom. The number of nitrogens with two attached hydrogens (primary N) is 1. The molecule has 1 saturated heterocycles. The van der Waals surface area contributed by atoms with Gasteiger partial charge in [0.25, 0.3) is 5.91 Å². The molecule has 0 bridgehead atoms. The SMILES string of the molecule is C.CNS(=O)Cn1ncc(C(=O)N2CCCCC2)n1.COc1ccc(C=O)cc1NCC#Cc1cc2c(N)cccn2c1SC(F)(F)F. The minimum Gasteiger partial charge on any atom is -0.495 e. The van der Waals surface area contributed by atoms with E-state index in [1.165, 1.54) is 41.2 Å². The number of carbonyl (C=O) groups is 2. The molecule has 4 N–H and O–H groups in total. The number of aldehydes is 1. The summed E-state index contributed by atoms with van der Waals surface area (Å²) in [5.74, 6) is 6.15. The summed E-state index contributed by atoms with van der Waals surface area (Å²) in [6.45, 7) is 1.71. The summed E-state index contributed by atoms with van der Waals surface area (Å²) in [5, 5.41) is 11.0. The number of anilines is 2. The Morgan fingerprint density at radius 1 is 1.21 bits per heavy atom. The van der Waals surface area contributed by atoms with Crippen LogP contribution >= 0.6 is 11.8 Å². The molecule has 0 radical (unpaired) electrons. The number of amides is 1. The lowest BCUT2D eigenvalue weighted by Crippen LogP contribution is -2.35. The summed E-state index contributed by atoms with van der Waals surface area (Å²) in [6.07, 6.45) is 6.92. The van der Waals surface area contributed by atoms with Crippen LogP contribution < -0.4 is 20.5 Å². The van der Waals surface area contributed by atoms with Gasteiger partial charge in [-0.05, 0) is 62.7 Å². The van der Waals surface area contributed by atoms with Gasteiger partial charge in [-0.3, -0.25) is 9.59 Å². The zero-order chi connectivity index (χ0) is 34.0. The molecule has 4 aromatic rings. The topological polar surface area (TPSA) is 149 Å². The molecule has 0 saturated carbocycles. The van der Waals surface area contributed by atoms with Crippen LogP contribution in [0.2, 0.25) is 0 Å². The van der Waals surface area contributed by atoms with Crippen molar-refractivity contribution in [3.8, 4) is 17.6 Å². The lowest BCUT2D eigenvalue weighted by atomic mass is 10.1. The van der Waals surface area contributed by atoms with Gasteiger partial charge in [-0.15, -0.1) is 5.10 Å². The van der Waals surface area contributed by atoms with E-state index in [4.69, 9.17) is 10.5 Å². The molecule has 1 unspecified atom stereocenters. The number of thioether (sulfide) groups is 1. The molecule has 1 aliphatic heterocycles. The molecular weight excluding hydrogens is 670 g/mol. The van der Waals surface area contributed by atoms with E-state index in [-0.39, 0.29) is 48.1 Å². The average Bonchev–Trinajstić information content (AvgIpc) is 3.67. The first-order valence-electron chi connectivity index (χ1n) is 14.3. The number of ether oxygens (including phenoxy) is 1. The molecule has 1 amide bonds. The van der Waals surface area contributed by atoms with Crippen LogP contribution in [-0.2, 0) is 16.9 Å². The maximum absolute atomic E-state index is 13.0. The van der Waals surface area contributed by atoms with Crippen LogP contribution in [0.5, 0.6) is 5.75 Å². The number of aromatic nitrogens is 4. The van der Waals surface area contributed by atoms with Crippen molar-refractivity contribution in [2.75, 3.05) is 44.8 Å². The Hall–Kier alpha value is -4.53. The number of rotatable bonds is 9. The highest BCUT2D eigenvalue weighted by molar-refractivity contribution is 8.00. The van der Waals surface area contributed by atoms with E-state index in [1.807, 2.05) is 0 Å². The number of fused-ring (bicyclic) bond motifs is 1. The summed E-state index contributed by atoms with van der Waals surface area (Å²) < 4.78 is 59.5. The fourth-order valence-corrected chi connectivity index (χ4v) is 5.76. The summed E-state index contributed by atoms with van der Waals surface area (Å²) >= 11 is -0.237. The normalized spacial score (nSPS) is 13.3. The van der Waals surface area contributed by atoms with E-state index < -0.39 is 16.5 Å². The lowest BCUT2D eigenvalue weighted by Gasteiger charge is -2.25. The number of piperidine rings is 1. The van der Waals surface area contributed by atoms with E-state index in [0.29, 0.717) is 40.2 Å². The molecular formula is C31H37F3N8O4S2. The van der Waals surface area contributed by atoms with Crippen molar-refractivity contribution in [1.82, 2.24) is 29.0 Å². The Bertz CT molecular complexity index is 1790. The number of hydrogen-bond donors (Lipinski definition) is 3. The van der Waals surface area contributed by atoms with Gasteiger partial charge in [0.1, 0.15) is 28.0 Å². The monoisotopic (exact) mass is 706 g/mol. The number of pyridine rings is 1. The molecule has 17 heteroatoms. The van der Waals surface area contributed by atoms with Crippen molar-refractivity contribution in [2.24, 2.45) is 0 Å². The van der Waals surface area contributed by atoms with Crippen molar-refractivity contribution in [1.29, 1.82) is 0 Å². The van der Waals surface area contributed by atoms with Crippen LogP contribution in [0, 0.1) is 11.8 Å². The smallest absolute Gasteiger partial charge is 0.447 e. The van der Waals surface area contributed by atoms with Crippen LogP contribution in [-0.4, -0.2) is 80.0 Å². The largest absolute Gasteiger partial charge is 0.495 e. The maximum atomic E-state index is 13.0. The summed E-state index contributed by atoms with van der Waals surface area (Å²) in [7, 11) is 1.87. The van der Waals surface area contributed by atoms with Gasteiger partial charge in [0.15, 0.2) is 11.6 Å². The average molecular weight is 707 g/mol. The molecule has 258 valence electrons. The molecule has 0 aliphatic carbocycles. The van der Waals surface area contributed by atoms with Crippen LogP contribution in [0.15, 0.2) is 53.8 Å². The highest BCUT2D eigenvalue weighted by Crippen LogP contribution is 2.40. The number of nitrogens with zero attached hydrogens (tertiary/aromatic N) is 5. The number of nitrogen functional groups attached to an aromatic ring is 1. The van der Waals surface area contributed by atoms with Gasteiger partial charge in [-0.25, -0.2) is 8.93 Å². The van der Waals surface area contributed by atoms with Crippen molar-refractivity contribution in [3.05, 3.63) is 65.6 Å². The number of nitrogens with one attached hydrogen (secondary N) is 2. The summed E-state index contributed by atoms with van der Waals surface area (Å²) in [5.41, 5.74) is 3.79. The predicted octanol–water partition coefficient (Wildman–Crippen LogP) is 4.80. The second-order valence-electron chi connectivity index (χ2n) is 10.00. The van der Waals surface area contributed by atoms with Crippen LogP contribution in [0.1, 0.15) is 53.1 Å². The first-order chi connectivity index (χ1) is 22.5. The van der Waals surface area contributed by atoms with Crippen LogP contribution in [0.4, 0.5) is 24.5 Å². The van der Waals surface area contributed by atoms with Crippen molar-refractivity contribution in [2.45, 2.75) is 43.1 Å². The first kappa shape index (κ1) is 37.9. The first-order valence-corrected chi connectivity index (χ1v) is 16.4.